The van der Waals surface area contributed by atoms with Crippen LogP contribution in [-0.4, -0.2) is 22.2 Å². The van der Waals surface area contributed by atoms with Crippen molar-refractivity contribution in [3.05, 3.63) is 59.7 Å². The number of rotatable bonds is 2. The Morgan fingerprint density at radius 2 is 2.28 bits per heavy atom. The number of H-pyrrole nitrogens is 1. The number of aromatic nitrogens is 2. The Hall–Kier alpha value is -2.16. The van der Waals surface area contributed by atoms with E-state index < -0.39 is 0 Å². The summed E-state index contributed by atoms with van der Waals surface area (Å²) in [5.41, 5.74) is 4.70. The van der Waals surface area contributed by atoms with E-state index in [4.69, 9.17) is 0 Å². The predicted octanol–water partition coefficient (Wildman–Crippen LogP) is 3.08. The van der Waals surface area contributed by atoms with Gasteiger partial charge in [0.1, 0.15) is 0 Å². The molecule has 0 spiro atoms. The van der Waals surface area contributed by atoms with E-state index in [1.54, 1.807) is 6.20 Å². The summed E-state index contributed by atoms with van der Waals surface area (Å²) in [5, 5.41) is 0. The fourth-order valence-electron chi connectivity index (χ4n) is 2.23. The van der Waals surface area contributed by atoms with E-state index >= 15 is 0 Å². The molecular weight excluding hydrogens is 222 g/mol. The molecule has 90 valence electrons. The van der Waals surface area contributed by atoms with Gasteiger partial charge in [0.2, 0.25) is 0 Å². The van der Waals surface area contributed by atoms with Gasteiger partial charge in [-0.05, 0) is 48.3 Å². The van der Waals surface area contributed by atoms with Crippen LogP contribution in [0.3, 0.4) is 0 Å². The molecule has 2 aromatic rings. The van der Waals surface area contributed by atoms with Crippen LogP contribution in [0.5, 0.6) is 0 Å². The van der Waals surface area contributed by atoms with Crippen molar-refractivity contribution < 1.29 is 0 Å². The zero-order valence-corrected chi connectivity index (χ0v) is 10.1. The van der Waals surface area contributed by atoms with Gasteiger partial charge in [0.05, 0.1) is 5.71 Å². The number of nitrogens with one attached hydrogen (secondary N) is 1. The molecule has 2 aromatic heterocycles. The minimum absolute atomic E-state index is 0.911. The fraction of sp³-hybridized carbons (Fsp3) is 0.200. The molecule has 3 rings (SSSR count). The van der Waals surface area contributed by atoms with E-state index in [2.05, 4.69) is 33.2 Å². The molecule has 0 fully saturated rings. The summed E-state index contributed by atoms with van der Waals surface area (Å²) < 4.78 is 0. The lowest BCUT2D eigenvalue weighted by atomic mass is 9.95. The molecule has 0 atom stereocenters. The van der Waals surface area contributed by atoms with E-state index in [0.717, 1.165) is 30.7 Å². The summed E-state index contributed by atoms with van der Waals surface area (Å²) in [6.45, 7) is 0.911. The molecular formula is C15H15N3. The second kappa shape index (κ2) is 5.00. The molecule has 0 radical (unpaired) electrons. The van der Waals surface area contributed by atoms with E-state index in [-0.39, 0.29) is 0 Å². The van der Waals surface area contributed by atoms with Crippen LogP contribution in [0, 0.1) is 0 Å². The van der Waals surface area contributed by atoms with Crippen molar-refractivity contribution in [2.45, 2.75) is 12.8 Å². The Balaban J connectivity index is 1.99. The fourth-order valence-corrected chi connectivity index (χ4v) is 2.23. The molecule has 1 aliphatic rings. The number of hydrogen-bond acceptors (Lipinski definition) is 2. The van der Waals surface area contributed by atoms with Crippen molar-refractivity contribution in [3.8, 4) is 0 Å². The number of aromatic amines is 1. The summed E-state index contributed by atoms with van der Waals surface area (Å²) >= 11 is 0. The second-order valence-electron chi connectivity index (χ2n) is 4.39. The number of nitrogens with zero attached hydrogens (tertiary/aromatic N) is 2. The monoisotopic (exact) mass is 237 g/mol. The Kier molecular flexibility index (Phi) is 3.05. The highest BCUT2D eigenvalue weighted by Gasteiger charge is 2.13. The maximum absolute atomic E-state index is 4.66. The average molecular weight is 237 g/mol. The highest BCUT2D eigenvalue weighted by molar-refractivity contribution is 6.15. The maximum atomic E-state index is 4.66. The van der Waals surface area contributed by atoms with Crippen LogP contribution in [0.15, 0.2) is 53.6 Å². The maximum Gasteiger partial charge on any atom is 0.0694 e. The van der Waals surface area contributed by atoms with Crippen LogP contribution in [0.1, 0.15) is 24.0 Å². The minimum atomic E-state index is 0.911. The molecule has 0 unspecified atom stereocenters. The smallest absolute Gasteiger partial charge is 0.0694 e. The van der Waals surface area contributed by atoms with Gasteiger partial charge in [-0.2, -0.15) is 0 Å². The van der Waals surface area contributed by atoms with Crippen LogP contribution < -0.4 is 0 Å². The topological polar surface area (TPSA) is 41.0 Å². The normalized spacial score (nSPS) is 17.8. The van der Waals surface area contributed by atoms with Gasteiger partial charge in [-0.3, -0.25) is 9.98 Å². The van der Waals surface area contributed by atoms with Crippen molar-refractivity contribution in [3.63, 3.8) is 0 Å². The minimum Gasteiger partial charge on any atom is -0.367 e. The summed E-state index contributed by atoms with van der Waals surface area (Å²) in [5.74, 6) is 0. The summed E-state index contributed by atoms with van der Waals surface area (Å²) in [6.07, 6.45) is 12.0. The van der Waals surface area contributed by atoms with Crippen LogP contribution in [0.2, 0.25) is 0 Å². The molecule has 0 saturated carbocycles. The first-order valence-corrected chi connectivity index (χ1v) is 6.22. The molecule has 3 nitrogen and oxygen atoms in total. The molecule has 0 bridgehead atoms. The quantitative estimate of drug-likeness (QED) is 0.856. The highest BCUT2D eigenvalue weighted by Crippen LogP contribution is 2.21. The van der Waals surface area contributed by atoms with Gasteiger partial charge in [0.25, 0.3) is 0 Å². The number of hydrogen-bond donors (Lipinski definition) is 1. The van der Waals surface area contributed by atoms with Gasteiger partial charge in [0, 0.05) is 36.9 Å². The molecule has 0 aromatic carbocycles. The van der Waals surface area contributed by atoms with Gasteiger partial charge < -0.3 is 4.98 Å². The molecule has 1 aliphatic heterocycles. The molecule has 1 N–H and O–H groups in total. The molecule has 0 aliphatic carbocycles. The van der Waals surface area contributed by atoms with Crippen LogP contribution in [0.25, 0.3) is 6.08 Å². The van der Waals surface area contributed by atoms with Gasteiger partial charge in [-0.1, -0.05) is 0 Å². The average Bonchev–Trinajstić information content (AvgIpc) is 2.93. The van der Waals surface area contributed by atoms with Gasteiger partial charge in [-0.15, -0.1) is 0 Å². The van der Waals surface area contributed by atoms with Crippen molar-refractivity contribution in [1.82, 2.24) is 9.97 Å². The van der Waals surface area contributed by atoms with Gasteiger partial charge in [0.15, 0.2) is 0 Å². The van der Waals surface area contributed by atoms with Crippen molar-refractivity contribution in [2.75, 3.05) is 6.54 Å². The Morgan fingerprint density at radius 3 is 3.06 bits per heavy atom. The van der Waals surface area contributed by atoms with Gasteiger partial charge >= 0.3 is 0 Å². The lowest BCUT2D eigenvalue weighted by molar-refractivity contribution is 0.818. The summed E-state index contributed by atoms with van der Waals surface area (Å²) in [7, 11) is 0. The third-order valence-corrected chi connectivity index (χ3v) is 3.08. The highest BCUT2D eigenvalue weighted by atomic mass is 14.8. The Labute approximate surface area is 106 Å². The standard InChI is InChI=1S/C15H15N3/c1-4-14(11-16-6-1)15-13(3-2-7-18-15)9-12-5-8-17-10-12/h1,4-6,8-11,17H,2-3,7H2. The lowest BCUT2D eigenvalue weighted by Crippen LogP contribution is -2.11. The van der Waals surface area contributed by atoms with Crippen molar-refractivity contribution in [2.24, 2.45) is 4.99 Å². The molecule has 18 heavy (non-hydrogen) atoms. The third-order valence-electron chi connectivity index (χ3n) is 3.08. The summed E-state index contributed by atoms with van der Waals surface area (Å²) in [6, 6.07) is 6.10. The Bertz CT molecular complexity index is 565. The first kappa shape index (κ1) is 11.0. The molecule has 0 saturated heterocycles. The van der Waals surface area contributed by atoms with E-state index in [0.29, 0.717) is 0 Å². The summed E-state index contributed by atoms with van der Waals surface area (Å²) in [4.78, 5) is 11.9. The zero-order chi connectivity index (χ0) is 12.2. The van der Waals surface area contributed by atoms with E-state index in [9.17, 15) is 0 Å². The zero-order valence-electron chi connectivity index (χ0n) is 10.1. The first-order valence-electron chi connectivity index (χ1n) is 6.22. The van der Waals surface area contributed by atoms with E-state index in [1.807, 2.05) is 24.7 Å². The lowest BCUT2D eigenvalue weighted by Gasteiger charge is -2.16. The first-order chi connectivity index (χ1) is 8.93. The number of aliphatic imine (C=N–C) groups is 1. The van der Waals surface area contributed by atoms with E-state index in [1.165, 1.54) is 11.1 Å². The SMILES string of the molecule is C(=C1CCCN=C1c1cccnc1)c1cc[nH]c1. The van der Waals surface area contributed by atoms with Crippen molar-refractivity contribution >= 4 is 11.8 Å². The largest absolute Gasteiger partial charge is 0.367 e. The predicted molar refractivity (Wildman–Crippen MR) is 73.6 cm³/mol. The number of pyridine rings is 1. The molecule has 3 heteroatoms. The van der Waals surface area contributed by atoms with Crippen molar-refractivity contribution in [1.29, 1.82) is 0 Å². The second-order valence-corrected chi connectivity index (χ2v) is 4.39. The van der Waals surface area contributed by atoms with Gasteiger partial charge in [-0.25, -0.2) is 0 Å². The van der Waals surface area contributed by atoms with Crippen LogP contribution in [0.4, 0.5) is 0 Å². The molecule has 3 heterocycles. The molecule has 0 amide bonds. The van der Waals surface area contributed by atoms with Crippen LogP contribution in [-0.2, 0) is 0 Å². The Morgan fingerprint density at radius 1 is 1.28 bits per heavy atom. The van der Waals surface area contributed by atoms with Crippen LogP contribution >= 0.6 is 0 Å². The third kappa shape index (κ3) is 2.25. The number of allylic oxidation sites excluding steroid dienone is 1.